The van der Waals surface area contributed by atoms with Gasteiger partial charge in [-0.3, -0.25) is 14.9 Å². The minimum absolute atomic E-state index is 0.0693. The molecule has 1 aromatic rings. The highest BCUT2D eigenvalue weighted by atomic mass is 35.5. The largest absolute Gasteiger partial charge is 0.325 e. The van der Waals surface area contributed by atoms with Crippen molar-refractivity contribution in [1.29, 1.82) is 5.26 Å². The summed E-state index contributed by atoms with van der Waals surface area (Å²) in [6.07, 6.45) is 1.69. The first-order chi connectivity index (χ1) is 9.08. The molecule has 100 valence electrons. The molecular formula is C12H12ClN3O3. The molecular weight excluding hydrogens is 270 g/mol. The van der Waals surface area contributed by atoms with E-state index >= 15 is 0 Å². The van der Waals surface area contributed by atoms with Crippen LogP contribution in [0.5, 0.6) is 0 Å². The minimum Gasteiger partial charge on any atom is -0.325 e. The molecule has 1 aromatic carbocycles. The van der Waals surface area contributed by atoms with Crippen LogP contribution in [0.4, 0.5) is 11.4 Å². The van der Waals surface area contributed by atoms with E-state index in [4.69, 9.17) is 16.9 Å². The van der Waals surface area contributed by atoms with E-state index in [1.165, 1.54) is 12.1 Å². The molecule has 0 spiro atoms. The Bertz CT molecular complexity index is 525. The van der Waals surface area contributed by atoms with Crippen LogP contribution in [-0.4, -0.2) is 16.7 Å². The molecule has 1 amide bonds. The number of hydrogen-bond donors (Lipinski definition) is 1. The number of hydrogen-bond acceptors (Lipinski definition) is 4. The van der Waals surface area contributed by atoms with Crippen LogP contribution in [0.1, 0.15) is 24.8 Å². The highest BCUT2D eigenvalue weighted by Gasteiger charge is 2.12. The lowest BCUT2D eigenvalue weighted by Gasteiger charge is -2.06. The lowest BCUT2D eigenvalue weighted by Crippen LogP contribution is -2.12. The number of amides is 1. The molecule has 0 fully saturated rings. The average Bonchev–Trinajstić information content (AvgIpc) is 2.39. The van der Waals surface area contributed by atoms with Gasteiger partial charge in [-0.25, -0.2) is 0 Å². The van der Waals surface area contributed by atoms with Gasteiger partial charge in [0.15, 0.2) is 0 Å². The lowest BCUT2D eigenvalue weighted by molar-refractivity contribution is -0.384. The third-order valence-electron chi connectivity index (χ3n) is 2.40. The Morgan fingerprint density at radius 2 is 2.21 bits per heavy atom. The van der Waals surface area contributed by atoms with Gasteiger partial charge in [-0.2, -0.15) is 5.26 Å². The van der Waals surface area contributed by atoms with E-state index in [1.807, 2.05) is 6.07 Å². The molecule has 1 N–H and O–H groups in total. The van der Waals surface area contributed by atoms with E-state index < -0.39 is 4.92 Å². The average molecular weight is 282 g/mol. The number of carbonyl (C=O) groups is 1. The lowest BCUT2D eigenvalue weighted by atomic mass is 10.1. The Morgan fingerprint density at radius 1 is 1.47 bits per heavy atom. The predicted molar refractivity (Wildman–Crippen MR) is 71.0 cm³/mol. The molecule has 0 unspecified atom stereocenters. The van der Waals surface area contributed by atoms with E-state index in [1.54, 1.807) is 0 Å². The van der Waals surface area contributed by atoms with Crippen LogP contribution in [0.3, 0.4) is 0 Å². The summed E-state index contributed by atoms with van der Waals surface area (Å²) in [5, 5.41) is 22.0. The number of carbonyl (C=O) groups excluding carboxylic acids is 1. The maximum Gasteiger partial charge on any atom is 0.270 e. The van der Waals surface area contributed by atoms with Gasteiger partial charge in [0.05, 0.1) is 16.2 Å². The van der Waals surface area contributed by atoms with E-state index in [9.17, 15) is 14.9 Å². The number of benzene rings is 1. The molecule has 0 atom stereocenters. The number of nitriles is 1. The summed E-state index contributed by atoms with van der Waals surface area (Å²) in [7, 11) is 0. The van der Waals surface area contributed by atoms with Crippen molar-refractivity contribution in [3.8, 4) is 6.07 Å². The molecule has 0 aliphatic heterocycles. The quantitative estimate of drug-likeness (QED) is 0.375. The third-order valence-corrected chi connectivity index (χ3v) is 2.66. The zero-order chi connectivity index (χ0) is 14.3. The Kier molecular flexibility index (Phi) is 5.76. The third kappa shape index (κ3) is 4.56. The van der Waals surface area contributed by atoms with E-state index in [2.05, 4.69) is 5.32 Å². The zero-order valence-corrected chi connectivity index (χ0v) is 10.8. The highest BCUT2D eigenvalue weighted by molar-refractivity contribution is 6.17. The van der Waals surface area contributed by atoms with Crippen molar-refractivity contribution in [2.45, 2.75) is 19.3 Å². The number of unbranched alkanes of at least 4 members (excludes halogenated alkanes) is 1. The fraction of sp³-hybridized carbons (Fsp3) is 0.333. The van der Waals surface area contributed by atoms with Crippen molar-refractivity contribution in [3.63, 3.8) is 0 Å². The van der Waals surface area contributed by atoms with Crippen LogP contribution >= 0.6 is 11.6 Å². The van der Waals surface area contributed by atoms with Gasteiger partial charge in [0.2, 0.25) is 5.91 Å². The number of alkyl halides is 1. The first kappa shape index (κ1) is 14.9. The molecule has 0 aliphatic rings. The highest BCUT2D eigenvalue weighted by Crippen LogP contribution is 2.21. The Hall–Kier alpha value is -2.13. The number of nitrogens with one attached hydrogen (secondary N) is 1. The van der Waals surface area contributed by atoms with Crippen molar-refractivity contribution in [2.75, 3.05) is 11.2 Å². The number of nitrogens with zero attached hydrogens (tertiary/aromatic N) is 2. The van der Waals surface area contributed by atoms with Gasteiger partial charge in [-0.1, -0.05) is 0 Å². The molecule has 0 saturated heterocycles. The topological polar surface area (TPSA) is 96.0 Å². The van der Waals surface area contributed by atoms with Crippen LogP contribution in [0.2, 0.25) is 0 Å². The zero-order valence-electron chi connectivity index (χ0n) is 10.1. The number of nitro groups is 1. The van der Waals surface area contributed by atoms with Crippen molar-refractivity contribution >= 4 is 28.9 Å². The van der Waals surface area contributed by atoms with Crippen LogP contribution in [0, 0.1) is 21.4 Å². The van der Waals surface area contributed by atoms with Gasteiger partial charge in [0.1, 0.15) is 6.07 Å². The van der Waals surface area contributed by atoms with Gasteiger partial charge in [0.25, 0.3) is 5.69 Å². The second kappa shape index (κ2) is 7.34. The van der Waals surface area contributed by atoms with Gasteiger partial charge in [0, 0.05) is 24.4 Å². The second-order valence-corrected chi connectivity index (χ2v) is 4.17. The maximum atomic E-state index is 11.6. The summed E-state index contributed by atoms with van der Waals surface area (Å²) in [4.78, 5) is 21.6. The monoisotopic (exact) mass is 281 g/mol. The number of non-ortho nitro benzene ring substituents is 1. The molecule has 0 aromatic heterocycles. The molecule has 1 rings (SSSR count). The molecule has 0 bridgehead atoms. The van der Waals surface area contributed by atoms with Crippen LogP contribution in [0.15, 0.2) is 18.2 Å². The first-order valence-electron chi connectivity index (χ1n) is 5.63. The van der Waals surface area contributed by atoms with Crippen molar-refractivity contribution in [1.82, 2.24) is 0 Å². The van der Waals surface area contributed by atoms with E-state index in [-0.39, 0.29) is 22.8 Å². The molecule has 0 saturated carbocycles. The second-order valence-electron chi connectivity index (χ2n) is 3.79. The van der Waals surface area contributed by atoms with E-state index in [0.29, 0.717) is 18.7 Å². The van der Waals surface area contributed by atoms with Gasteiger partial charge < -0.3 is 5.32 Å². The summed E-state index contributed by atoms with van der Waals surface area (Å²) in [5.74, 6) is 0.254. The maximum absolute atomic E-state index is 11.6. The Morgan fingerprint density at radius 3 is 2.79 bits per heavy atom. The van der Waals surface area contributed by atoms with Gasteiger partial charge in [-0.15, -0.1) is 11.6 Å². The molecule has 6 nitrogen and oxygen atoms in total. The van der Waals surface area contributed by atoms with Crippen LogP contribution in [0.25, 0.3) is 0 Å². The smallest absolute Gasteiger partial charge is 0.270 e. The Balaban J connectivity index is 2.76. The van der Waals surface area contributed by atoms with Crippen LogP contribution in [-0.2, 0) is 4.79 Å². The van der Waals surface area contributed by atoms with Crippen molar-refractivity contribution < 1.29 is 9.72 Å². The Labute approximate surface area is 115 Å². The van der Waals surface area contributed by atoms with E-state index in [0.717, 1.165) is 12.5 Å². The molecule has 0 radical (unpaired) electrons. The van der Waals surface area contributed by atoms with Crippen LogP contribution < -0.4 is 5.32 Å². The summed E-state index contributed by atoms with van der Waals surface area (Å²) < 4.78 is 0. The molecule has 7 heteroatoms. The number of rotatable bonds is 6. The summed E-state index contributed by atoms with van der Waals surface area (Å²) in [6.45, 7) is 0. The van der Waals surface area contributed by atoms with Crippen molar-refractivity contribution in [3.05, 3.63) is 33.9 Å². The normalized spacial score (nSPS) is 9.68. The molecule has 0 aliphatic carbocycles. The molecule has 19 heavy (non-hydrogen) atoms. The summed E-state index contributed by atoms with van der Waals surface area (Å²) in [5.41, 5.74) is 0.167. The number of anilines is 1. The summed E-state index contributed by atoms with van der Waals surface area (Å²) >= 11 is 5.50. The predicted octanol–water partition coefficient (Wildman–Crippen LogP) is 2.81. The van der Waals surface area contributed by atoms with Crippen molar-refractivity contribution in [2.24, 2.45) is 0 Å². The van der Waals surface area contributed by atoms with Gasteiger partial charge in [-0.05, 0) is 18.9 Å². The number of halogens is 1. The minimum atomic E-state index is -0.590. The molecule has 0 heterocycles. The first-order valence-corrected chi connectivity index (χ1v) is 6.16. The fourth-order valence-corrected chi connectivity index (χ4v) is 1.63. The number of nitro benzene ring substituents is 1. The fourth-order valence-electron chi connectivity index (χ4n) is 1.44. The van der Waals surface area contributed by atoms with Gasteiger partial charge >= 0.3 is 0 Å². The SMILES string of the molecule is N#Cc1cc([N+](=O)[O-])ccc1NC(=O)CCCCCl. The summed E-state index contributed by atoms with van der Waals surface area (Å²) in [6, 6.07) is 5.56. The standard InChI is InChI=1S/C12H12ClN3O3/c13-6-2-1-3-12(17)15-11-5-4-10(16(18)19)7-9(11)8-14/h4-5,7H,1-3,6H2,(H,15,17).